The van der Waals surface area contributed by atoms with Crippen molar-refractivity contribution in [3.63, 3.8) is 0 Å². The van der Waals surface area contributed by atoms with E-state index in [1.165, 1.54) is 0 Å². The second kappa shape index (κ2) is 2.28. The van der Waals surface area contributed by atoms with Crippen molar-refractivity contribution in [2.45, 2.75) is 6.36 Å². The minimum absolute atomic E-state index is 0.521. The van der Waals surface area contributed by atoms with Gasteiger partial charge in [-0.15, -0.1) is 13.2 Å². The van der Waals surface area contributed by atoms with Crippen molar-refractivity contribution in [1.29, 1.82) is 0 Å². The lowest BCUT2D eigenvalue weighted by Crippen LogP contribution is -2.18. The Labute approximate surface area is 54.4 Å². The average Bonchev–Trinajstić information content (AvgIpc) is 2.12. The van der Waals surface area contributed by atoms with Crippen LogP contribution < -0.4 is 5.32 Å². The van der Waals surface area contributed by atoms with Crippen molar-refractivity contribution < 1.29 is 22.6 Å². The van der Waals surface area contributed by atoms with Crippen LogP contribution in [0.3, 0.4) is 0 Å². The molecule has 1 aliphatic heterocycles. The van der Waals surface area contributed by atoms with Gasteiger partial charge in [-0.1, -0.05) is 0 Å². The van der Waals surface area contributed by atoms with E-state index in [1.54, 1.807) is 0 Å². The predicted octanol–water partition coefficient (Wildman–Crippen LogP) is 0.938. The van der Waals surface area contributed by atoms with E-state index in [-0.39, 0.29) is 0 Å². The van der Waals surface area contributed by atoms with Crippen molar-refractivity contribution in [3.05, 3.63) is 18.9 Å². The molecule has 0 bridgehead atoms. The van der Waals surface area contributed by atoms with Gasteiger partial charge in [-0.2, -0.15) is 0 Å². The molecule has 1 aliphatic rings. The smallest absolute Gasteiger partial charge is 0.458 e. The van der Waals surface area contributed by atoms with Gasteiger partial charge in [0.05, 0.1) is 0 Å². The van der Waals surface area contributed by atoms with Crippen molar-refractivity contribution in [2.75, 3.05) is 0 Å². The Balaban J connectivity index is 2.38. The fourth-order valence-electron chi connectivity index (χ4n) is 0.366. The molecular formula is C4H2F3NO2. The molecule has 0 saturated carbocycles. The molecule has 0 spiro atoms. The molecule has 0 fully saturated rings. The molecular weight excluding hydrogens is 151 g/mol. The van der Waals surface area contributed by atoms with E-state index in [0.29, 0.717) is 0 Å². The zero-order valence-corrected chi connectivity index (χ0v) is 4.53. The van der Waals surface area contributed by atoms with Crippen LogP contribution in [0.1, 0.15) is 0 Å². The number of halogens is 3. The average molecular weight is 153 g/mol. The highest BCUT2D eigenvalue weighted by atomic mass is 19.4. The molecule has 0 aliphatic carbocycles. The van der Waals surface area contributed by atoms with E-state index in [1.807, 2.05) is 12.0 Å². The molecule has 0 aromatic rings. The summed E-state index contributed by atoms with van der Waals surface area (Å²) in [6, 6.07) is 0. The van der Waals surface area contributed by atoms with Gasteiger partial charge >= 0.3 is 13.1 Å². The van der Waals surface area contributed by atoms with Crippen LogP contribution in [0, 0.1) is 6.73 Å². The fourth-order valence-corrected chi connectivity index (χ4v) is 0.366. The first-order valence-electron chi connectivity index (χ1n) is 2.20. The van der Waals surface area contributed by atoms with Crippen molar-refractivity contribution in [3.8, 4) is 0 Å². The van der Waals surface area contributed by atoms with Crippen LogP contribution in [0.4, 0.5) is 13.2 Å². The topological polar surface area (TPSA) is 30.5 Å². The Morgan fingerprint density at radius 3 is 2.70 bits per heavy atom. The summed E-state index contributed by atoms with van der Waals surface area (Å²) in [5.74, 6) is -0.521. The Kier molecular flexibility index (Phi) is 1.60. The van der Waals surface area contributed by atoms with Gasteiger partial charge in [0.25, 0.3) is 0 Å². The van der Waals surface area contributed by atoms with Crippen LogP contribution >= 0.6 is 0 Å². The lowest BCUT2D eigenvalue weighted by molar-refractivity contribution is -0.307. The number of hydrogen-bond donors (Lipinski definition) is 1. The lowest BCUT2D eigenvalue weighted by Gasteiger charge is -2.06. The number of alkyl halides is 3. The maximum Gasteiger partial charge on any atom is 0.574 e. The fraction of sp³-hybridized carbons (Fsp3) is 0.250. The van der Waals surface area contributed by atoms with Gasteiger partial charge in [-0.25, -0.2) is 0 Å². The Bertz CT molecular complexity index is 153. The molecule has 6 heteroatoms. The zero-order chi connectivity index (χ0) is 7.61. The van der Waals surface area contributed by atoms with Gasteiger partial charge in [0, 0.05) is 0 Å². The Morgan fingerprint density at radius 1 is 1.60 bits per heavy atom. The summed E-state index contributed by atoms with van der Waals surface area (Å²) in [6.07, 6.45) is -3.93. The maximum atomic E-state index is 11.3. The van der Waals surface area contributed by atoms with Crippen LogP contribution in [0.2, 0.25) is 0 Å². The van der Waals surface area contributed by atoms with Crippen LogP contribution in [0.25, 0.3) is 0 Å². The first-order chi connectivity index (χ1) is 4.58. The molecule has 10 heavy (non-hydrogen) atoms. The molecule has 0 aromatic heterocycles. The summed E-state index contributed by atoms with van der Waals surface area (Å²) in [6.45, 7) is 1.93. The molecule has 56 valence electrons. The molecule has 1 N–H and O–H groups in total. The molecule has 1 rings (SSSR count). The summed E-state index contributed by atoms with van der Waals surface area (Å²) in [7, 11) is 0. The molecule has 2 radical (unpaired) electrons. The summed E-state index contributed by atoms with van der Waals surface area (Å²) < 4.78 is 41.5. The second-order valence-corrected chi connectivity index (χ2v) is 1.37. The van der Waals surface area contributed by atoms with Gasteiger partial charge in [-0.05, 0) is 0 Å². The van der Waals surface area contributed by atoms with E-state index in [0.717, 1.165) is 6.26 Å². The number of hydrogen-bond acceptors (Lipinski definition) is 3. The van der Waals surface area contributed by atoms with E-state index in [4.69, 9.17) is 0 Å². The normalized spacial score (nSPS) is 17.3. The highest BCUT2D eigenvalue weighted by Gasteiger charge is 2.33. The highest BCUT2D eigenvalue weighted by molar-refractivity contribution is 4.92. The summed E-state index contributed by atoms with van der Waals surface area (Å²) >= 11 is 0. The monoisotopic (exact) mass is 153 g/mol. The lowest BCUT2D eigenvalue weighted by atomic mass is 10.9. The molecule has 0 amide bonds. The zero-order valence-electron chi connectivity index (χ0n) is 4.53. The predicted molar refractivity (Wildman–Crippen MR) is 22.7 cm³/mol. The van der Waals surface area contributed by atoms with Crippen LogP contribution in [0.15, 0.2) is 12.1 Å². The minimum atomic E-state index is -4.69. The van der Waals surface area contributed by atoms with Gasteiger partial charge in [0.15, 0.2) is 0 Å². The summed E-state index contributed by atoms with van der Waals surface area (Å²) in [5, 5.41) is 1.96. The van der Waals surface area contributed by atoms with Crippen LogP contribution in [-0.2, 0) is 9.47 Å². The van der Waals surface area contributed by atoms with E-state index in [2.05, 4.69) is 9.47 Å². The second-order valence-electron chi connectivity index (χ2n) is 1.37. The van der Waals surface area contributed by atoms with Crippen LogP contribution in [-0.4, -0.2) is 6.36 Å². The molecule has 0 atom stereocenters. The first kappa shape index (κ1) is 7.04. The van der Waals surface area contributed by atoms with Gasteiger partial charge in [0.2, 0.25) is 5.88 Å². The van der Waals surface area contributed by atoms with E-state index < -0.39 is 12.2 Å². The Morgan fingerprint density at radius 2 is 2.30 bits per heavy atom. The third-order valence-corrected chi connectivity index (χ3v) is 0.625. The highest BCUT2D eigenvalue weighted by Crippen LogP contribution is 2.20. The van der Waals surface area contributed by atoms with Crippen molar-refractivity contribution >= 4 is 0 Å². The number of nitrogens with one attached hydrogen (secondary N) is 1. The number of ether oxygens (including phenoxy) is 2. The van der Waals surface area contributed by atoms with E-state index in [9.17, 15) is 13.2 Å². The summed E-state index contributed by atoms with van der Waals surface area (Å²) in [4.78, 5) is 0. The van der Waals surface area contributed by atoms with Gasteiger partial charge in [0.1, 0.15) is 6.26 Å². The first-order valence-corrected chi connectivity index (χ1v) is 2.20. The quantitative estimate of drug-likeness (QED) is 0.608. The van der Waals surface area contributed by atoms with Crippen molar-refractivity contribution in [2.24, 2.45) is 0 Å². The molecule has 0 unspecified atom stereocenters. The number of rotatable bonds is 1. The Hall–Kier alpha value is -1.07. The summed E-state index contributed by atoms with van der Waals surface area (Å²) in [5.41, 5.74) is 0. The third kappa shape index (κ3) is 2.04. The molecule has 0 saturated heterocycles. The largest absolute Gasteiger partial charge is 0.574 e. The SMILES string of the molecule is FC(F)(F)OC1=CO[C]N1. The molecule has 3 nitrogen and oxygen atoms in total. The molecule has 1 heterocycles. The maximum absolute atomic E-state index is 11.3. The van der Waals surface area contributed by atoms with Gasteiger partial charge < -0.3 is 14.8 Å². The minimum Gasteiger partial charge on any atom is -0.458 e. The van der Waals surface area contributed by atoms with E-state index >= 15 is 0 Å². The third-order valence-electron chi connectivity index (χ3n) is 0.625. The van der Waals surface area contributed by atoms with Gasteiger partial charge in [-0.3, -0.25) is 0 Å². The van der Waals surface area contributed by atoms with Crippen molar-refractivity contribution in [1.82, 2.24) is 5.32 Å². The standard InChI is InChI=1S/C4H2F3NO2/c5-4(6,7)10-3-1-9-2-8-3/h1,8H. The molecule has 0 aromatic carbocycles. The van der Waals surface area contributed by atoms with Crippen LogP contribution in [0.5, 0.6) is 0 Å².